The maximum absolute atomic E-state index is 12.1. The van der Waals surface area contributed by atoms with Crippen molar-refractivity contribution in [3.8, 4) is 22.6 Å². The van der Waals surface area contributed by atoms with Crippen LogP contribution >= 0.6 is 11.6 Å². The third-order valence-corrected chi connectivity index (χ3v) is 3.35. The summed E-state index contributed by atoms with van der Waals surface area (Å²) in [4.78, 5) is 12.1. The first kappa shape index (κ1) is 12.6. The fourth-order valence-corrected chi connectivity index (χ4v) is 2.39. The molecule has 0 aliphatic carbocycles. The highest BCUT2D eigenvalue weighted by atomic mass is 35.5. The molecule has 2 aromatic carbocycles. The highest BCUT2D eigenvalue weighted by Gasteiger charge is 2.15. The Kier molecular flexibility index (Phi) is 2.88. The van der Waals surface area contributed by atoms with E-state index in [0.717, 1.165) is 0 Å². The van der Waals surface area contributed by atoms with E-state index < -0.39 is 5.63 Å². The van der Waals surface area contributed by atoms with Crippen molar-refractivity contribution in [1.29, 1.82) is 0 Å². The van der Waals surface area contributed by atoms with Gasteiger partial charge in [0.1, 0.15) is 17.1 Å². The minimum absolute atomic E-state index is 0.0222. The normalized spacial score (nSPS) is 10.8. The lowest BCUT2D eigenvalue weighted by Crippen LogP contribution is -2.04. The molecule has 1 aromatic heterocycles. The Bertz CT molecular complexity index is 867. The number of rotatable bonds is 1. The van der Waals surface area contributed by atoms with E-state index in [0.29, 0.717) is 16.5 Å². The van der Waals surface area contributed by atoms with Gasteiger partial charge in [0, 0.05) is 5.39 Å². The van der Waals surface area contributed by atoms with Crippen molar-refractivity contribution in [2.24, 2.45) is 0 Å². The molecule has 20 heavy (non-hydrogen) atoms. The molecule has 0 amide bonds. The fraction of sp³-hybridized carbons (Fsp3) is 0. The molecule has 4 nitrogen and oxygen atoms in total. The van der Waals surface area contributed by atoms with E-state index in [2.05, 4.69) is 0 Å². The molecule has 3 rings (SSSR count). The number of fused-ring (bicyclic) bond motifs is 1. The van der Waals surface area contributed by atoms with Crippen molar-refractivity contribution in [1.82, 2.24) is 0 Å². The Morgan fingerprint density at radius 1 is 1.00 bits per heavy atom. The predicted molar refractivity (Wildman–Crippen MR) is 76.3 cm³/mol. The summed E-state index contributed by atoms with van der Waals surface area (Å²) in [6, 6.07) is 10.5. The largest absolute Gasteiger partial charge is 0.508 e. The second-order valence-corrected chi connectivity index (χ2v) is 4.69. The van der Waals surface area contributed by atoms with E-state index in [1.165, 1.54) is 30.3 Å². The summed E-state index contributed by atoms with van der Waals surface area (Å²) in [5.41, 5.74) is 0.301. The van der Waals surface area contributed by atoms with E-state index in [1.54, 1.807) is 12.1 Å². The second-order valence-electron chi connectivity index (χ2n) is 4.31. The quantitative estimate of drug-likeness (QED) is 0.672. The zero-order valence-electron chi connectivity index (χ0n) is 10.1. The van der Waals surface area contributed by atoms with Crippen LogP contribution in [0.4, 0.5) is 0 Å². The van der Waals surface area contributed by atoms with E-state index in [-0.39, 0.29) is 22.1 Å². The number of halogens is 1. The summed E-state index contributed by atoms with van der Waals surface area (Å²) in [6.07, 6.45) is 0. The van der Waals surface area contributed by atoms with E-state index in [1.807, 2.05) is 0 Å². The van der Waals surface area contributed by atoms with Crippen molar-refractivity contribution in [3.05, 3.63) is 57.9 Å². The van der Waals surface area contributed by atoms with Gasteiger partial charge in [0.25, 0.3) is 0 Å². The molecule has 0 bridgehead atoms. The van der Waals surface area contributed by atoms with E-state index in [4.69, 9.17) is 16.0 Å². The standard InChI is InChI=1S/C15H9ClO4/c16-14-11-7-10(18)4-5-12(11)20-15(19)13(14)8-2-1-3-9(17)6-8/h1-7,17-18H. The van der Waals surface area contributed by atoms with Crippen LogP contribution in [0.5, 0.6) is 11.5 Å². The highest BCUT2D eigenvalue weighted by molar-refractivity contribution is 6.38. The topological polar surface area (TPSA) is 70.7 Å². The van der Waals surface area contributed by atoms with Crippen LogP contribution in [0.25, 0.3) is 22.1 Å². The zero-order valence-corrected chi connectivity index (χ0v) is 10.9. The average Bonchev–Trinajstić information content (AvgIpc) is 2.40. The molecule has 5 heteroatoms. The van der Waals surface area contributed by atoms with Gasteiger partial charge in [-0.25, -0.2) is 4.79 Å². The minimum Gasteiger partial charge on any atom is -0.508 e. The molecule has 0 aliphatic rings. The van der Waals surface area contributed by atoms with Gasteiger partial charge in [-0.15, -0.1) is 0 Å². The van der Waals surface area contributed by atoms with Gasteiger partial charge in [-0.2, -0.15) is 0 Å². The van der Waals surface area contributed by atoms with Crippen LogP contribution in [-0.4, -0.2) is 10.2 Å². The van der Waals surface area contributed by atoms with Crippen LogP contribution < -0.4 is 5.63 Å². The third-order valence-electron chi connectivity index (χ3n) is 2.96. The average molecular weight is 289 g/mol. The highest BCUT2D eigenvalue weighted by Crippen LogP contribution is 2.34. The lowest BCUT2D eigenvalue weighted by molar-refractivity contribution is 0.474. The monoisotopic (exact) mass is 288 g/mol. The molecule has 1 heterocycles. The summed E-state index contributed by atoms with van der Waals surface area (Å²) < 4.78 is 5.19. The zero-order chi connectivity index (χ0) is 14.3. The molecule has 0 saturated heterocycles. The van der Waals surface area contributed by atoms with Crippen LogP contribution in [-0.2, 0) is 0 Å². The Balaban J connectivity index is 2.39. The van der Waals surface area contributed by atoms with E-state index in [9.17, 15) is 15.0 Å². The molecule has 0 saturated carbocycles. The molecule has 0 spiro atoms. The van der Waals surface area contributed by atoms with Gasteiger partial charge >= 0.3 is 5.63 Å². The van der Waals surface area contributed by atoms with Gasteiger partial charge < -0.3 is 14.6 Å². The molecule has 3 aromatic rings. The van der Waals surface area contributed by atoms with Crippen molar-refractivity contribution in [2.75, 3.05) is 0 Å². The molecule has 0 aliphatic heterocycles. The second kappa shape index (κ2) is 4.58. The Hall–Kier alpha value is -2.46. The van der Waals surface area contributed by atoms with Crippen LogP contribution in [0.1, 0.15) is 0 Å². The lowest BCUT2D eigenvalue weighted by atomic mass is 10.1. The van der Waals surface area contributed by atoms with Gasteiger partial charge in [-0.3, -0.25) is 0 Å². The maximum Gasteiger partial charge on any atom is 0.345 e. The number of phenols is 2. The van der Waals surface area contributed by atoms with Gasteiger partial charge in [-0.05, 0) is 35.9 Å². The Morgan fingerprint density at radius 3 is 2.50 bits per heavy atom. The Labute approximate surface area is 118 Å². The maximum atomic E-state index is 12.1. The Morgan fingerprint density at radius 2 is 1.75 bits per heavy atom. The molecular weight excluding hydrogens is 280 g/mol. The number of aromatic hydroxyl groups is 2. The first-order chi connectivity index (χ1) is 9.56. The summed E-state index contributed by atoms with van der Waals surface area (Å²) in [6.45, 7) is 0. The van der Waals surface area contributed by atoms with Gasteiger partial charge in [0.05, 0.1) is 10.6 Å². The number of benzene rings is 2. The number of phenolic OH excluding ortho intramolecular Hbond substituents is 2. The minimum atomic E-state index is -0.598. The molecule has 0 fully saturated rings. The molecule has 0 atom stereocenters. The van der Waals surface area contributed by atoms with Gasteiger partial charge in [0.2, 0.25) is 0 Å². The molecule has 100 valence electrons. The van der Waals surface area contributed by atoms with Crippen molar-refractivity contribution >= 4 is 22.6 Å². The lowest BCUT2D eigenvalue weighted by Gasteiger charge is -2.07. The SMILES string of the molecule is O=c1oc2ccc(O)cc2c(Cl)c1-c1cccc(O)c1. The van der Waals surface area contributed by atoms with Gasteiger partial charge in [0.15, 0.2) is 0 Å². The summed E-state index contributed by atoms with van der Waals surface area (Å²) in [5.74, 6) is 0.0454. The first-order valence-electron chi connectivity index (χ1n) is 5.81. The fourth-order valence-electron chi connectivity index (χ4n) is 2.06. The van der Waals surface area contributed by atoms with Crippen LogP contribution in [0, 0.1) is 0 Å². The number of hydrogen-bond donors (Lipinski definition) is 2. The first-order valence-corrected chi connectivity index (χ1v) is 6.19. The smallest absolute Gasteiger partial charge is 0.345 e. The van der Waals surface area contributed by atoms with Crippen LogP contribution in [0.15, 0.2) is 51.7 Å². The van der Waals surface area contributed by atoms with E-state index >= 15 is 0 Å². The van der Waals surface area contributed by atoms with Crippen molar-refractivity contribution in [3.63, 3.8) is 0 Å². The van der Waals surface area contributed by atoms with Crippen LogP contribution in [0.3, 0.4) is 0 Å². The molecular formula is C15H9ClO4. The predicted octanol–water partition coefficient (Wildman–Crippen LogP) is 3.52. The van der Waals surface area contributed by atoms with Crippen molar-refractivity contribution in [2.45, 2.75) is 0 Å². The molecule has 2 N–H and O–H groups in total. The summed E-state index contributed by atoms with van der Waals surface area (Å²) >= 11 is 6.25. The number of hydrogen-bond acceptors (Lipinski definition) is 4. The van der Waals surface area contributed by atoms with Crippen molar-refractivity contribution < 1.29 is 14.6 Å². The summed E-state index contributed by atoms with van der Waals surface area (Å²) in [7, 11) is 0. The third kappa shape index (κ3) is 2.00. The van der Waals surface area contributed by atoms with Gasteiger partial charge in [-0.1, -0.05) is 23.7 Å². The molecule has 0 radical (unpaired) electrons. The summed E-state index contributed by atoms with van der Waals surface area (Å²) in [5, 5.41) is 19.6. The van der Waals surface area contributed by atoms with Crippen LogP contribution in [0.2, 0.25) is 5.02 Å². The molecule has 0 unspecified atom stereocenters.